The number of nitrogens with zero attached hydrogens (tertiary/aromatic N) is 2. The van der Waals surface area contributed by atoms with E-state index in [0.717, 1.165) is 22.4 Å². The van der Waals surface area contributed by atoms with Crippen molar-refractivity contribution in [3.63, 3.8) is 0 Å². The fourth-order valence-corrected chi connectivity index (χ4v) is 5.31. The molecule has 3 aliphatic rings. The molecule has 1 amide bonds. The Labute approximate surface area is 200 Å². The molecular formula is C27H23F3N2O3. The van der Waals surface area contributed by atoms with E-state index in [0.29, 0.717) is 53.8 Å². The minimum Gasteiger partial charge on any atom is -0.454 e. The van der Waals surface area contributed by atoms with Gasteiger partial charge < -0.3 is 14.4 Å². The summed E-state index contributed by atoms with van der Waals surface area (Å²) in [5, 5.41) is 0.690. The number of hydrogen-bond donors (Lipinski definition) is 0. The molecule has 3 heterocycles. The van der Waals surface area contributed by atoms with Crippen LogP contribution in [0.1, 0.15) is 46.4 Å². The number of aromatic nitrogens is 1. The summed E-state index contributed by atoms with van der Waals surface area (Å²) < 4.78 is 51.1. The Hall–Kier alpha value is -3.55. The number of piperidine rings is 1. The zero-order valence-electron chi connectivity index (χ0n) is 18.9. The number of rotatable bonds is 2. The fourth-order valence-electron chi connectivity index (χ4n) is 5.31. The zero-order valence-corrected chi connectivity index (χ0v) is 18.9. The molecule has 1 atom stereocenters. The van der Waals surface area contributed by atoms with Crippen LogP contribution in [-0.4, -0.2) is 41.8 Å². The van der Waals surface area contributed by atoms with Crippen LogP contribution in [0.15, 0.2) is 42.5 Å². The second-order valence-electron chi connectivity index (χ2n) is 9.25. The number of halogens is 3. The van der Waals surface area contributed by atoms with Crippen molar-refractivity contribution in [2.24, 2.45) is 5.92 Å². The summed E-state index contributed by atoms with van der Waals surface area (Å²) in [6.07, 6.45) is -0.562. The lowest BCUT2D eigenvalue weighted by molar-refractivity contribution is -0.184. The van der Waals surface area contributed by atoms with Gasteiger partial charge in [-0.25, -0.2) is 4.98 Å². The number of benzene rings is 2. The van der Waals surface area contributed by atoms with Crippen molar-refractivity contribution >= 4 is 28.5 Å². The SMILES string of the molecule is O=C(c1c2c(nc3ccccc13)/C(=C/c1ccc3c(c1)OCO3)CC2)N1CCCC(C(F)(F)F)C1. The first kappa shape index (κ1) is 21.9. The highest BCUT2D eigenvalue weighted by atomic mass is 19.4. The molecule has 0 spiro atoms. The predicted molar refractivity (Wildman–Crippen MR) is 125 cm³/mol. The third kappa shape index (κ3) is 3.90. The molecule has 0 radical (unpaired) electrons. The van der Waals surface area contributed by atoms with Gasteiger partial charge in [0.2, 0.25) is 6.79 Å². The van der Waals surface area contributed by atoms with Crippen LogP contribution in [0.3, 0.4) is 0 Å². The van der Waals surface area contributed by atoms with E-state index in [1.165, 1.54) is 4.90 Å². The van der Waals surface area contributed by atoms with E-state index in [9.17, 15) is 18.0 Å². The van der Waals surface area contributed by atoms with E-state index >= 15 is 0 Å². The molecule has 35 heavy (non-hydrogen) atoms. The van der Waals surface area contributed by atoms with Crippen LogP contribution in [0.5, 0.6) is 11.5 Å². The van der Waals surface area contributed by atoms with E-state index in [1.54, 1.807) is 0 Å². The van der Waals surface area contributed by atoms with Gasteiger partial charge in [0.05, 0.1) is 22.7 Å². The van der Waals surface area contributed by atoms with Crippen molar-refractivity contribution in [1.29, 1.82) is 0 Å². The van der Waals surface area contributed by atoms with E-state index in [4.69, 9.17) is 14.5 Å². The van der Waals surface area contributed by atoms with Gasteiger partial charge in [0.1, 0.15) is 0 Å². The van der Waals surface area contributed by atoms with Crippen LogP contribution in [-0.2, 0) is 6.42 Å². The van der Waals surface area contributed by atoms with Crippen LogP contribution in [0.2, 0.25) is 0 Å². The molecule has 3 aromatic rings. The number of ether oxygens (including phenoxy) is 2. The van der Waals surface area contributed by atoms with E-state index in [1.807, 2.05) is 48.5 Å². The molecule has 2 aromatic carbocycles. The van der Waals surface area contributed by atoms with Crippen LogP contribution < -0.4 is 9.47 Å². The maximum Gasteiger partial charge on any atom is 0.393 e. The summed E-state index contributed by atoms with van der Waals surface area (Å²) in [6.45, 7) is 0.229. The van der Waals surface area contributed by atoms with E-state index < -0.39 is 12.1 Å². The molecule has 2 aliphatic heterocycles. The lowest BCUT2D eigenvalue weighted by atomic mass is 9.94. The van der Waals surface area contributed by atoms with Gasteiger partial charge in [0.15, 0.2) is 11.5 Å². The number of amides is 1. The van der Waals surface area contributed by atoms with Crippen molar-refractivity contribution in [2.45, 2.75) is 31.9 Å². The summed E-state index contributed by atoms with van der Waals surface area (Å²) in [5.41, 5.74) is 4.64. The molecule has 8 heteroatoms. The minimum atomic E-state index is -4.30. The summed E-state index contributed by atoms with van der Waals surface area (Å²) >= 11 is 0. The second-order valence-corrected chi connectivity index (χ2v) is 9.25. The summed E-state index contributed by atoms with van der Waals surface area (Å²) in [4.78, 5) is 20.0. The number of pyridine rings is 1. The zero-order chi connectivity index (χ0) is 24.2. The lowest BCUT2D eigenvalue weighted by Gasteiger charge is -2.34. The number of allylic oxidation sites excluding steroid dienone is 1. The van der Waals surface area contributed by atoms with Gasteiger partial charge in [-0.3, -0.25) is 4.79 Å². The summed E-state index contributed by atoms with van der Waals surface area (Å²) in [7, 11) is 0. The molecule has 0 bridgehead atoms. The quantitative estimate of drug-likeness (QED) is 0.461. The molecule has 1 aromatic heterocycles. The van der Waals surface area contributed by atoms with Crippen LogP contribution in [0, 0.1) is 5.92 Å². The monoisotopic (exact) mass is 480 g/mol. The van der Waals surface area contributed by atoms with Gasteiger partial charge >= 0.3 is 6.18 Å². The predicted octanol–water partition coefficient (Wildman–Crippen LogP) is 5.86. The average molecular weight is 480 g/mol. The summed E-state index contributed by atoms with van der Waals surface area (Å²) in [6, 6.07) is 13.1. The molecule has 0 N–H and O–H groups in total. The highest BCUT2D eigenvalue weighted by Crippen LogP contribution is 2.40. The Morgan fingerprint density at radius 2 is 1.91 bits per heavy atom. The Balaban J connectivity index is 1.42. The number of likely N-dealkylation sites (tertiary alicyclic amines) is 1. The summed E-state index contributed by atoms with van der Waals surface area (Å²) in [5.74, 6) is -0.431. The third-order valence-corrected chi connectivity index (χ3v) is 7.06. The van der Waals surface area contributed by atoms with E-state index in [2.05, 4.69) is 0 Å². The largest absolute Gasteiger partial charge is 0.454 e. The van der Waals surface area contributed by atoms with Gasteiger partial charge in [0, 0.05) is 18.5 Å². The van der Waals surface area contributed by atoms with Gasteiger partial charge in [-0.05, 0) is 66.7 Å². The number of carbonyl (C=O) groups is 1. The van der Waals surface area contributed by atoms with Crippen molar-refractivity contribution in [2.75, 3.05) is 19.9 Å². The van der Waals surface area contributed by atoms with E-state index in [-0.39, 0.29) is 25.7 Å². The number of fused-ring (bicyclic) bond motifs is 3. The van der Waals surface area contributed by atoms with Crippen molar-refractivity contribution in [3.05, 3.63) is 64.8 Å². The fraction of sp³-hybridized carbons (Fsp3) is 0.333. The first-order valence-corrected chi connectivity index (χ1v) is 11.8. The Morgan fingerprint density at radius 3 is 2.77 bits per heavy atom. The Morgan fingerprint density at radius 1 is 1.09 bits per heavy atom. The van der Waals surface area contributed by atoms with Gasteiger partial charge in [-0.1, -0.05) is 24.3 Å². The first-order chi connectivity index (χ1) is 16.9. The van der Waals surface area contributed by atoms with Crippen molar-refractivity contribution in [1.82, 2.24) is 9.88 Å². The lowest BCUT2D eigenvalue weighted by Crippen LogP contribution is -2.44. The van der Waals surface area contributed by atoms with Crippen molar-refractivity contribution in [3.8, 4) is 11.5 Å². The molecule has 180 valence electrons. The number of carbonyl (C=O) groups excluding carboxylic acids is 1. The normalized spacial score (nSPS) is 20.5. The molecule has 5 nitrogen and oxygen atoms in total. The van der Waals surface area contributed by atoms with Crippen LogP contribution >= 0.6 is 0 Å². The minimum absolute atomic E-state index is 0.0604. The highest BCUT2D eigenvalue weighted by molar-refractivity contribution is 6.09. The second kappa shape index (κ2) is 8.29. The smallest absolute Gasteiger partial charge is 0.393 e. The van der Waals surface area contributed by atoms with Gasteiger partial charge in [0.25, 0.3) is 5.91 Å². The Kier molecular flexibility index (Phi) is 5.20. The number of para-hydroxylation sites is 1. The van der Waals surface area contributed by atoms with Crippen LogP contribution in [0.25, 0.3) is 22.6 Å². The maximum atomic E-state index is 13.7. The Bertz CT molecular complexity index is 1370. The number of hydrogen-bond acceptors (Lipinski definition) is 4. The van der Waals surface area contributed by atoms with Crippen LogP contribution in [0.4, 0.5) is 13.2 Å². The van der Waals surface area contributed by atoms with Crippen molar-refractivity contribution < 1.29 is 27.4 Å². The molecule has 1 saturated heterocycles. The first-order valence-electron chi connectivity index (χ1n) is 11.8. The van der Waals surface area contributed by atoms with Gasteiger partial charge in [-0.2, -0.15) is 13.2 Å². The maximum absolute atomic E-state index is 13.7. The molecule has 1 aliphatic carbocycles. The highest BCUT2D eigenvalue weighted by Gasteiger charge is 2.43. The molecule has 0 saturated carbocycles. The molecule has 6 rings (SSSR count). The average Bonchev–Trinajstić information content (AvgIpc) is 3.48. The molecular weight excluding hydrogens is 457 g/mol. The third-order valence-electron chi connectivity index (χ3n) is 7.06. The molecule has 1 fully saturated rings. The van der Waals surface area contributed by atoms with Gasteiger partial charge in [-0.15, -0.1) is 0 Å². The molecule has 1 unspecified atom stereocenters. The number of alkyl halides is 3. The standard InChI is InChI=1S/C27H23F3N2O3/c28-27(29,30)18-4-3-11-32(14-18)26(33)24-19-5-1-2-6-21(19)31-25-17(8-9-20(24)25)12-16-7-10-22-23(13-16)35-15-34-22/h1-2,5-7,10,12-13,18H,3-4,8-9,11,14-15H2/b17-12+. The topological polar surface area (TPSA) is 51.7 Å².